The summed E-state index contributed by atoms with van der Waals surface area (Å²) in [5.74, 6) is 0. The van der Waals surface area contributed by atoms with Crippen LogP contribution in [-0.4, -0.2) is 9.97 Å². The van der Waals surface area contributed by atoms with Crippen molar-refractivity contribution in [3.8, 4) is 11.1 Å². The number of hydrogen-bond acceptors (Lipinski definition) is 3. The summed E-state index contributed by atoms with van der Waals surface area (Å²) in [6, 6.07) is 9.65. The molecule has 0 saturated carbocycles. The molecular formula is C15H12ClN3. The second-order valence-corrected chi connectivity index (χ2v) is 4.89. The van der Waals surface area contributed by atoms with Gasteiger partial charge in [-0.25, -0.2) is 0 Å². The number of anilines is 1. The fourth-order valence-electron chi connectivity index (χ4n) is 2.07. The Morgan fingerprint density at radius 2 is 1.84 bits per heavy atom. The van der Waals surface area contributed by atoms with Gasteiger partial charge >= 0.3 is 0 Å². The van der Waals surface area contributed by atoms with Crippen LogP contribution in [0.2, 0.25) is 5.02 Å². The number of fused-ring (bicyclic) bond motifs is 1. The van der Waals surface area contributed by atoms with Gasteiger partial charge in [-0.2, -0.15) is 0 Å². The second-order valence-electron chi connectivity index (χ2n) is 4.45. The Balaban J connectivity index is 2.32. The van der Waals surface area contributed by atoms with E-state index in [1.165, 1.54) is 0 Å². The van der Waals surface area contributed by atoms with Gasteiger partial charge in [-0.3, -0.25) is 9.97 Å². The van der Waals surface area contributed by atoms with Gasteiger partial charge in [-0.1, -0.05) is 23.7 Å². The van der Waals surface area contributed by atoms with Gasteiger partial charge in [0.25, 0.3) is 0 Å². The molecule has 1 heterocycles. The number of rotatable bonds is 1. The van der Waals surface area contributed by atoms with Crippen molar-refractivity contribution in [3.63, 3.8) is 0 Å². The molecule has 0 amide bonds. The van der Waals surface area contributed by atoms with Crippen molar-refractivity contribution in [2.45, 2.75) is 6.92 Å². The molecule has 2 aromatic carbocycles. The van der Waals surface area contributed by atoms with Crippen molar-refractivity contribution in [1.82, 2.24) is 9.97 Å². The largest absolute Gasteiger partial charge is 0.398 e. The maximum Gasteiger partial charge on any atom is 0.0966 e. The summed E-state index contributed by atoms with van der Waals surface area (Å²) in [7, 11) is 0. The van der Waals surface area contributed by atoms with Gasteiger partial charge in [0.05, 0.1) is 11.0 Å². The highest BCUT2D eigenvalue weighted by atomic mass is 35.5. The number of aromatic nitrogens is 2. The van der Waals surface area contributed by atoms with Crippen LogP contribution in [0.15, 0.2) is 42.7 Å². The quantitative estimate of drug-likeness (QED) is 0.683. The molecule has 1 aromatic heterocycles. The number of benzene rings is 2. The second kappa shape index (κ2) is 4.52. The minimum atomic E-state index is 0.641. The SMILES string of the molecule is Cc1ccc(-c2cc(Cl)cc3nccnc23)cc1N. The molecule has 0 unspecified atom stereocenters. The maximum atomic E-state index is 6.15. The van der Waals surface area contributed by atoms with E-state index in [1.807, 2.05) is 37.3 Å². The van der Waals surface area contributed by atoms with Crippen LogP contribution in [0.5, 0.6) is 0 Å². The van der Waals surface area contributed by atoms with Gasteiger partial charge in [-0.05, 0) is 36.2 Å². The number of nitrogens with zero attached hydrogens (tertiary/aromatic N) is 2. The van der Waals surface area contributed by atoms with E-state index in [-0.39, 0.29) is 0 Å². The van der Waals surface area contributed by atoms with Crippen LogP contribution in [0.1, 0.15) is 5.56 Å². The zero-order valence-electron chi connectivity index (χ0n) is 10.4. The lowest BCUT2D eigenvalue weighted by molar-refractivity contribution is 1.29. The average Bonchev–Trinajstić information content (AvgIpc) is 2.41. The molecule has 0 aliphatic heterocycles. The lowest BCUT2D eigenvalue weighted by Crippen LogP contribution is -1.92. The molecule has 3 aromatic rings. The van der Waals surface area contributed by atoms with Crippen LogP contribution in [0, 0.1) is 6.92 Å². The van der Waals surface area contributed by atoms with Crippen molar-refractivity contribution in [2.24, 2.45) is 0 Å². The summed E-state index contributed by atoms with van der Waals surface area (Å²) in [6.07, 6.45) is 3.34. The van der Waals surface area contributed by atoms with E-state index in [2.05, 4.69) is 9.97 Å². The molecule has 0 aliphatic rings. The van der Waals surface area contributed by atoms with E-state index in [1.54, 1.807) is 12.4 Å². The summed E-state index contributed by atoms with van der Waals surface area (Å²) in [5, 5.41) is 0.641. The Bertz CT molecular complexity index is 768. The van der Waals surface area contributed by atoms with Crippen LogP contribution in [0.3, 0.4) is 0 Å². The third kappa shape index (κ3) is 2.13. The topological polar surface area (TPSA) is 51.8 Å². The van der Waals surface area contributed by atoms with Crippen molar-refractivity contribution < 1.29 is 0 Å². The molecular weight excluding hydrogens is 258 g/mol. The standard InChI is InChI=1S/C15H12ClN3/c1-9-2-3-10(6-13(9)17)12-7-11(16)8-14-15(12)19-5-4-18-14/h2-8H,17H2,1H3. The molecule has 0 radical (unpaired) electrons. The molecule has 0 fully saturated rings. The summed E-state index contributed by atoms with van der Waals surface area (Å²) >= 11 is 6.15. The zero-order chi connectivity index (χ0) is 13.4. The molecule has 0 spiro atoms. The fraction of sp³-hybridized carbons (Fsp3) is 0.0667. The van der Waals surface area contributed by atoms with Crippen molar-refractivity contribution in [2.75, 3.05) is 5.73 Å². The Hall–Kier alpha value is -2.13. The highest BCUT2D eigenvalue weighted by molar-refractivity contribution is 6.31. The third-order valence-electron chi connectivity index (χ3n) is 3.13. The van der Waals surface area contributed by atoms with Crippen molar-refractivity contribution >= 4 is 28.3 Å². The van der Waals surface area contributed by atoms with Crippen LogP contribution in [0.25, 0.3) is 22.2 Å². The van der Waals surface area contributed by atoms with Gasteiger partial charge in [0.15, 0.2) is 0 Å². The molecule has 3 rings (SSSR count). The van der Waals surface area contributed by atoms with Gasteiger partial charge < -0.3 is 5.73 Å². The molecule has 0 saturated heterocycles. The van der Waals surface area contributed by atoms with Crippen LogP contribution in [-0.2, 0) is 0 Å². The van der Waals surface area contributed by atoms with E-state index >= 15 is 0 Å². The summed E-state index contributed by atoms with van der Waals surface area (Å²) < 4.78 is 0. The fourth-order valence-corrected chi connectivity index (χ4v) is 2.28. The Kier molecular flexibility index (Phi) is 2.84. The van der Waals surface area contributed by atoms with E-state index < -0.39 is 0 Å². The van der Waals surface area contributed by atoms with E-state index in [9.17, 15) is 0 Å². The Morgan fingerprint density at radius 3 is 2.63 bits per heavy atom. The van der Waals surface area contributed by atoms with Crippen molar-refractivity contribution in [1.29, 1.82) is 0 Å². The van der Waals surface area contributed by atoms with Crippen LogP contribution < -0.4 is 5.73 Å². The molecule has 4 heteroatoms. The first kappa shape index (κ1) is 11.9. The smallest absolute Gasteiger partial charge is 0.0966 e. The lowest BCUT2D eigenvalue weighted by atomic mass is 10.0. The predicted octanol–water partition coefficient (Wildman–Crippen LogP) is 3.84. The first-order valence-corrected chi connectivity index (χ1v) is 6.30. The number of aryl methyl sites for hydroxylation is 1. The lowest BCUT2D eigenvalue weighted by Gasteiger charge is -2.08. The third-order valence-corrected chi connectivity index (χ3v) is 3.35. The number of hydrogen-bond donors (Lipinski definition) is 1. The highest BCUT2D eigenvalue weighted by Gasteiger charge is 2.08. The summed E-state index contributed by atoms with van der Waals surface area (Å²) in [5.41, 5.74) is 11.3. The molecule has 94 valence electrons. The zero-order valence-corrected chi connectivity index (χ0v) is 11.1. The van der Waals surface area contributed by atoms with E-state index in [4.69, 9.17) is 17.3 Å². The van der Waals surface area contributed by atoms with Gasteiger partial charge in [-0.15, -0.1) is 0 Å². The molecule has 3 nitrogen and oxygen atoms in total. The number of nitrogen functional groups attached to an aromatic ring is 1. The van der Waals surface area contributed by atoms with E-state index in [0.29, 0.717) is 5.02 Å². The van der Waals surface area contributed by atoms with E-state index in [0.717, 1.165) is 33.4 Å². The molecule has 19 heavy (non-hydrogen) atoms. The molecule has 0 bridgehead atoms. The number of halogens is 1. The normalized spacial score (nSPS) is 10.8. The first-order chi connectivity index (χ1) is 9.15. The minimum Gasteiger partial charge on any atom is -0.398 e. The predicted molar refractivity (Wildman–Crippen MR) is 79.1 cm³/mol. The van der Waals surface area contributed by atoms with Crippen molar-refractivity contribution in [3.05, 3.63) is 53.3 Å². The Morgan fingerprint density at radius 1 is 1.05 bits per heavy atom. The maximum absolute atomic E-state index is 6.15. The average molecular weight is 270 g/mol. The van der Waals surface area contributed by atoms with Crippen LogP contribution >= 0.6 is 11.6 Å². The highest BCUT2D eigenvalue weighted by Crippen LogP contribution is 2.31. The van der Waals surface area contributed by atoms with Crippen LogP contribution in [0.4, 0.5) is 5.69 Å². The summed E-state index contributed by atoms with van der Waals surface area (Å²) in [4.78, 5) is 8.68. The van der Waals surface area contributed by atoms with Gasteiger partial charge in [0.1, 0.15) is 0 Å². The van der Waals surface area contributed by atoms with Gasteiger partial charge in [0.2, 0.25) is 0 Å². The monoisotopic (exact) mass is 269 g/mol. The van der Waals surface area contributed by atoms with Gasteiger partial charge in [0, 0.05) is 28.7 Å². The Labute approximate surface area is 116 Å². The summed E-state index contributed by atoms with van der Waals surface area (Å²) in [6.45, 7) is 1.98. The minimum absolute atomic E-state index is 0.641. The molecule has 2 N–H and O–H groups in total. The first-order valence-electron chi connectivity index (χ1n) is 5.92. The molecule has 0 atom stereocenters. The molecule has 0 aliphatic carbocycles. The number of nitrogens with two attached hydrogens (primary N) is 1.